The van der Waals surface area contributed by atoms with E-state index in [2.05, 4.69) is 15.4 Å². The topological polar surface area (TPSA) is 129 Å². The maximum Gasteiger partial charge on any atom is 0.159 e. The monoisotopic (exact) mass is 427 g/mol. The summed E-state index contributed by atoms with van der Waals surface area (Å²) in [5.41, 5.74) is 3.10. The number of nitrogens with zero attached hydrogens (tertiary/aromatic N) is 3. The normalized spacial score (nSPS) is 25.0. The maximum absolute atomic E-state index is 13.5. The molecule has 29 heavy (non-hydrogen) atoms. The third-order valence-corrected chi connectivity index (χ3v) is 5.39. The highest BCUT2D eigenvalue weighted by Gasteiger charge is 2.46. The molecule has 1 fully saturated rings. The summed E-state index contributed by atoms with van der Waals surface area (Å²) >= 11 is 0. The van der Waals surface area contributed by atoms with Gasteiger partial charge in [0, 0.05) is 12.1 Å². The number of hydrogen-bond acceptors (Lipinski definition) is 7. The number of aliphatic hydroxyl groups excluding tert-OH is 3. The third kappa shape index (κ3) is 3.53. The van der Waals surface area contributed by atoms with Crippen LogP contribution in [0.4, 0.5) is 14.6 Å². The first kappa shape index (κ1) is 21.3. The lowest BCUT2D eigenvalue weighted by molar-refractivity contribution is -0.0265. The van der Waals surface area contributed by atoms with E-state index >= 15 is 0 Å². The van der Waals surface area contributed by atoms with Crippen molar-refractivity contribution in [3.05, 3.63) is 54.0 Å². The molecule has 2 heterocycles. The zero-order valence-electron chi connectivity index (χ0n) is 15.0. The number of benzene rings is 1. The van der Waals surface area contributed by atoms with Crippen molar-refractivity contribution in [2.24, 2.45) is 11.8 Å². The van der Waals surface area contributed by atoms with E-state index in [0.717, 1.165) is 12.1 Å². The Kier molecular flexibility index (Phi) is 6.01. The minimum atomic E-state index is -1.28. The largest absolute Gasteiger partial charge is 0.390 e. The predicted octanol–water partition coefficient (Wildman–Crippen LogP) is 1.43. The van der Waals surface area contributed by atoms with Gasteiger partial charge in [-0.3, -0.25) is 0 Å². The van der Waals surface area contributed by atoms with Crippen LogP contribution in [-0.2, 0) is 0 Å². The van der Waals surface area contributed by atoms with E-state index in [1.807, 2.05) is 0 Å². The number of fused-ring (bicyclic) bond motifs is 1. The van der Waals surface area contributed by atoms with Gasteiger partial charge in [0.25, 0.3) is 0 Å². The quantitative estimate of drug-likeness (QED) is 0.314. The fraction of sp³-hybridized carbons (Fsp3) is 0.333. The van der Waals surface area contributed by atoms with Gasteiger partial charge >= 0.3 is 0 Å². The molecule has 1 aliphatic rings. The molecule has 156 valence electrons. The predicted molar refractivity (Wildman–Crippen MR) is 103 cm³/mol. The Morgan fingerprint density at radius 1 is 1.14 bits per heavy atom. The van der Waals surface area contributed by atoms with Crippen LogP contribution in [0.15, 0.2) is 36.8 Å². The minimum Gasteiger partial charge on any atom is -0.390 e. The number of hydrogen-bond donors (Lipinski definition) is 5. The molecule has 6 N–H and O–H groups in total. The van der Waals surface area contributed by atoms with Crippen molar-refractivity contribution in [3.63, 3.8) is 0 Å². The van der Waals surface area contributed by atoms with Gasteiger partial charge in [0.1, 0.15) is 18.1 Å². The SMILES string of the molecule is Cl.NNc1ncnc2c1ccn2[C@@H]1C[C@H]([C@H](O)c2ccc(F)c(F)c2)[C@@H](O)[C@H]1O. The molecule has 0 aliphatic heterocycles. The molecule has 8 nitrogen and oxygen atoms in total. The average Bonchev–Trinajstić information content (AvgIpc) is 3.25. The molecule has 2 aromatic heterocycles. The van der Waals surface area contributed by atoms with E-state index in [0.29, 0.717) is 16.9 Å². The third-order valence-electron chi connectivity index (χ3n) is 5.39. The highest BCUT2D eigenvalue weighted by Crippen LogP contribution is 2.43. The number of nitrogens with one attached hydrogen (secondary N) is 1. The van der Waals surface area contributed by atoms with Gasteiger partial charge in [-0.1, -0.05) is 6.07 Å². The molecule has 0 saturated heterocycles. The molecular formula is C18H20ClF2N5O3. The van der Waals surface area contributed by atoms with Crippen molar-refractivity contribution in [1.82, 2.24) is 14.5 Å². The number of rotatable bonds is 4. The summed E-state index contributed by atoms with van der Waals surface area (Å²) in [6.45, 7) is 0. The van der Waals surface area contributed by atoms with Crippen molar-refractivity contribution in [2.75, 3.05) is 5.43 Å². The molecule has 5 atom stereocenters. The first-order chi connectivity index (χ1) is 13.4. The van der Waals surface area contributed by atoms with Crippen molar-refractivity contribution in [2.45, 2.75) is 30.8 Å². The van der Waals surface area contributed by atoms with Crippen molar-refractivity contribution >= 4 is 29.3 Å². The van der Waals surface area contributed by atoms with Crippen LogP contribution in [-0.4, -0.2) is 42.1 Å². The van der Waals surface area contributed by atoms with E-state index in [1.165, 1.54) is 12.4 Å². The van der Waals surface area contributed by atoms with Gasteiger partial charge in [0.05, 0.1) is 23.6 Å². The van der Waals surface area contributed by atoms with Crippen LogP contribution in [0.25, 0.3) is 11.0 Å². The van der Waals surface area contributed by atoms with E-state index < -0.39 is 41.9 Å². The lowest BCUT2D eigenvalue weighted by Crippen LogP contribution is -2.31. The van der Waals surface area contributed by atoms with Gasteiger partial charge in [-0.2, -0.15) is 0 Å². The Balaban J connectivity index is 0.00000240. The number of nitrogens with two attached hydrogens (primary N) is 1. The zero-order valence-corrected chi connectivity index (χ0v) is 15.8. The van der Waals surface area contributed by atoms with Crippen LogP contribution in [0.1, 0.15) is 24.1 Å². The number of nitrogen functional groups attached to an aromatic ring is 1. The Hall–Kier alpha value is -2.37. The zero-order chi connectivity index (χ0) is 20.0. The Morgan fingerprint density at radius 2 is 1.90 bits per heavy atom. The molecule has 0 unspecified atom stereocenters. The van der Waals surface area contributed by atoms with E-state index in [4.69, 9.17) is 5.84 Å². The van der Waals surface area contributed by atoms with E-state index in [9.17, 15) is 24.1 Å². The van der Waals surface area contributed by atoms with Crippen molar-refractivity contribution in [1.29, 1.82) is 0 Å². The molecular weight excluding hydrogens is 408 g/mol. The Labute approximate surface area is 170 Å². The van der Waals surface area contributed by atoms with Crippen LogP contribution >= 0.6 is 12.4 Å². The number of hydrazine groups is 1. The molecule has 0 bridgehead atoms. The van der Waals surface area contributed by atoms with Crippen molar-refractivity contribution < 1.29 is 24.1 Å². The standard InChI is InChI=1S/C18H19F2N5O3.ClH/c19-11-2-1-8(5-12(11)20)14(26)10-6-13(16(28)15(10)27)25-4-3-9-17(24-21)22-7-23-18(9)25;/h1-5,7,10,13-16,26-28H,6,21H2,(H,22,23,24);1H/t10-,13-,14-,15-,16+;/m1./s1. The summed E-state index contributed by atoms with van der Waals surface area (Å²) in [5, 5.41) is 32.3. The van der Waals surface area contributed by atoms with Gasteiger partial charge in [-0.25, -0.2) is 24.6 Å². The highest BCUT2D eigenvalue weighted by atomic mass is 35.5. The minimum absolute atomic E-state index is 0. The van der Waals surface area contributed by atoms with Crippen LogP contribution < -0.4 is 11.3 Å². The molecule has 0 radical (unpaired) electrons. The summed E-state index contributed by atoms with van der Waals surface area (Å²) < 4.78 is 28.4. The van der Waals surface area contributed by atoms with Gasteiger partial charge in [-0.05, 0) is 30.2 Å². The number of anilines is 1. The Morgan fingerprint density at radius 3 is 2.59 bits per heavy atom. The van der Waals surface area contributed by atoms with Crippen molar-refractivity contribution in [3.8, 4) is 0 Å². The van der Waals surface area contributed by atoms with E-state index in [-0.39, 0.29) is 24.4 Å². The molecule has 4 rings (SSSR count). The number of aliphatic hydroxyl groups is 3. The second kappa shape index (κ2) is 8.17. The first-order valence-corrected chi connectivity index (χ1v) is 8.69. The maximum atomic E-state index is 13.5. The summed E-state index contributed by atoms with van der Waals surface area (Å²) in [6, 6.07) is 4.21. The molecule has 0 spiro atoms. The second-order valence-corrected chi connectivity index (χ2v) is 6.89. The van der Waals surface area contributed by atoms with Gasteiger partial charge in [0.15, 0.2) is 17.5 Å². The lowest BCUT2D eigenvalue weighted by Gasteiger charge is -2.22. The summed E-state index contributed by atoms with van der Waals surface area (Å²) in [7, 11) is 0. The van der Waals surface area contributed by atoms with Crippen LogP contribution in [0.5, 0.6) is 0 Å². The summed E-state index contributed by atoms with van der Waals surface area (Å²) in [6.07, 6.45) is -0.527. The molecule has 1 aliphatic carbocycles. The fourth-order valence-corrected chi connectivity index (χ4v) is 3.93. The number of halogens is 3. The lowest BCUT2D eigenvalue weighted by atomic mass is 9.92. The van der Waals surface area contributed by atoms with Gasteiger partial charge < -0.3 is 25.3 Å². The smallest absolute Gasteiger partial charge is 0.159 e. The van der Waals surface area contributed by atoms with Crippen LogP contribution in [0.2, 0.25) is 0 Å². The summed E-state index contributed by atoms with van der Waals surface area (Å²) in [4.78, 5) is 8.23. The molecule has 3 aromatic rings. The Bertz CT molecular complexity index is 1020. The van der Waals surface area contributed by atoms with Crippen LogP contribution in [0, 0.1) is 17.6 Å². The van der Waals surface area contributed by atoms with E-state index in [1.54, 1.807) is 16.8 Å². The highest BCUT2D eigenvalue weighted by molar-refractivity contribution is 5.87. The second-order valence-electron chi connectivity index (χ2n) is 6.89. The number of aromatic nitrogens is 3. The fourth-order valence-electron chi connectivity index (χ4n) is 3.93. The van der Waals surface area contributed by atoms with Gasteiger partial charge in [0.2, 0.25) is 0 Å². The van der Waals surface area contributed by atoms with Gasteiger partial charge in [-0.15, -0.1) is 12.4 Å². The molecule has 1 aromatic carbocycles. The summed E-state index contributed by atoms with van der Waals surface area (Å²) in [5.74, 6) is 2.97. The average molecular weight is 428 g/mol. The molecule has 0 amide bonds. The first-order valence-electron chi connectivity index (χ1n) is 8.69. The molecule has 1 saturated carbocycles. The molecule has 11 heteroatoms. The van der Waals surface area contributed by atoms with Crippen LogP contribution in [0.3, 0.4) is 0 Å².